The van der Waals surface area contributed by atoms with Gasteiger partial charge in [-0.15, -0.1) is 11.3 Å². The predicted octanol–water partition coefficient (Wildman–Crippen LogP) is 1.64. The van der Waals surface area contributed by atoms with Crippen molar-refractivity contribution >= 4 is 29.1 Å². The molecule has 0 unspecified atom stereocenters. The zero-order chi connectivity index (χ0) is 13.3. The minimum Gasteiger partial charge on any atom is -0.365 e. The number of amides is 3. The molecule has 18 heavy (non-hydrogen) atoms. The van der Waals surface area contributed by atoms with Gasteiger partial charge >= 0.3 is 6.03 Å². The summed E-state index contributed by atoms with van der Waals surface area (Å²) in [7, 11) is 0. The van der Waals surface area contributed by atoms with E-state index in [1.54, 1.807) is 17.4 Å². The van der Waals surface area contributed by atoms with Crippen LogP contribution in [0, 0.1) is 6.92 Å². The van der Waals surface area contributed by atoms with Crippen molar-refractivity contribution in [3.05, 3.63) is 28.6 Å². The van der Waals surface area contributed by atoms with Gasteiger partial charge < -0.3 is 16.5 Å². The third-order valence-electron chi connectivity index (χ3n) is 2.34. The molecule has 6 N–H and O–H groups in total. The molecule has 2 aromatic rings. The van der Waals surface area contributed by atoms with Crippen LogP contribution in [0.15, 0.2) is 18.2 Å². The van der Waals surface area contributed by atoms with Crippen LogP contribution in [0.1, 0.15) is 15.2 Å². The van der Waals surface area contributed by atoms with E-state index in [0.717, 1.165) is 9.75 Å². The molecule has 0 fully saturated rings. The van der Waals surface area contributed by atoms with Crippen molar-refractivity contribution in [3.63, 3.8) is 0 Å². The lowest BCUT2D eigenvalue weighted by Gasteiger charge is -1.99. The lowest BCUT2D eigenvalue weighted by Crippen LogP contribution is -2.22. The van der Waals surface area contributed by atoms with Gasteiger partial charge in [0.15, 0.2) is 0 Å². The Morgan fingerprint density at radius 2 is 2.06 bits per heavy atom. The number of rotatable bonds is 3. The molecule has 0 atom stereocenters. The van der Waals surface area contributed by atoms with Gasteiger partial charge in [-0.05, 0) is 25.1 Å². The molecule has 2 heterocycles. The van der Waals surface area contributed by atoms with E-state index >= 15 is 0 Å². The van der Waals surface area contributed by atoms with E-state index in [0.29, 0.717) is 5.69 Å². The highest BCUT2D eigenvalue weighted by atomic mass is 32.1. The van der Waals surface area contributed by atoms with E-state index in [-0.39, 0.29) is 11.4 Å². The monoisotopic (exact) mass is 264 g/mol. The van der Waals surface area contributed by atoms with Crippen molar-refractivity contribution in [3.8, 4) is 10.6 Å². The molecule has 0 spiro atoms. The van der Waals surface area contributed by atoms with Gasteiger partial charge in [-0.1, -0.05) is 0 Å². The van der Waals surface area contributed by atoms with Crippen molar-refractivity contribution < 1.29 is 9.59 Å². The fourth-order valence-corrected chi connectivity index (χ4v) is 2.42. The Labute approximate surface area is 107 Å². The van der Waals surface area contributed by atoms with Gasteiger partial charge in [0.1, 0.15) is 5.82 Å². The summed E-state index contributed by atoms with van der Waals surface area (Å²) in [5, 5.41) is 2.34. The Balaban J connectivity index is 2.45. The maximum atomic E-state index is 11.3. The first kappa shape index (κ1) is 12.2. The van der Waals surface area contributed by atoms with Crippen molar-refractivity contribution in [2.75, 3.05) is 5.32 Å². The summed E-state index contributed by atoms with van der Waals surface area (Å²) in [6.07, 6.45) is 0. The van der Waals surface area contributed by atoms with Crippen LogP contribution in [0.2, 0.25) is 0 Å². The first-order valence-corrected chi connectivity index (χ1v) is 5.95. The molecule has 3 amide bonds. The molecule has 2 rings (SSSR count). The summed E-state index contributed by atoms with van der Waals surface area (Å²) in [5.74, 6) is -0.411. The lowest BCUT2D eigenvalue weighted by atomic mass is 10.2. The molecular weight excluding hydrogens is 252 g/mol. The van der Waals surface area contributed by atoms with Gasteiger partial charge in [0.25, 0.3) is 5.91 Å². The molecule has 0 aliphatic rings. The molecule has 0 saturated heterocycles. The predicted molar refractivity (Wildman–Crippen MR) is 70.6 cm³/mol. The normalized spacial score (nSPS) is 10.3. The smallest absolute Gasteiger partial charge is 0.317 e. The third kappa shape index (κ3) is 2.35. The molecule has 2 aromatic heterocycles. The van der Waals surface area contributed by atoms with E-state index in [9.17, 15) is 9.59 Å². The topological polar surface area (TPSA) is 114 Å². The fraction of sp³-hybridized carbons (Fsp3) is 0.0909. The van der Waals surface area contributed by atoms with Crippen molar-refractivity contribution in [2.45, 2.75) is 6.92 Å². The van der Waals surface area contributed by atoms with Crippen LogP contribution in [-0.2, 0) is 0 Å². The molecule has 7 heteroatoms. The number of urea groups is 1. The molecular formula is C11H12N4O2S. The van der Waals surface area contributed by atoms with Crippen molar-refractivity contribution in [1.29, 1.82) is 0 Å². The molecule has 0 aliphatic heterocycles. The number of aromatic nitrogens is 1. The minimum atomic E-state index is -0.756. The van der Waals surface area contributed by atoms with E-state index < -0.39 is 11.9 Å². The Bertz CT molecular complexity index is 614. The number of nitrogens with one attached hydrogen (secondary N) is 2. The zero-order valence-corrected chi connectivity index (χ0v) is 10.4. The van der Waals surface area contributed by atoms with Gasteiger partial charge in [-0.3, -0.25) is 10.1 Å². The number of anilines is 1. The molecule has 0 bridgehead atoms. The van der Waals surface area contributed by atoms with E-state index in [1.165, 1.54) is 0 Å². The van der Waals surface area contributed by atoms with Gasteiger partial charge in [-0.2, -0.15) is 0 Å². The van der Waals surface area contributed by atoms with Crippen molar-refractivity contribution in [2.24, 2.45) is 11.5 Å². The van der Waals surface area contributed by atoms with Crippen LogP contribution in [0.5, 0.6) is 0 Å². The van der Waals surface area contributed by atoms with Crippen LogP contribution in [-0.4, -0.2) is 16.9 Å². The summed E-state index contributed by atoms with van der Waals surface area (Å²) in [6.45, 7) is 1.98. The highest BCUT2D eigenvalue weighted by Gasteiger charge is 2.15. The van der Waals surface area contributed by atoms with Crippen LogP contribution in [0.25, 0.3) is 10.6 Å². The van der Waals surface area contributed by atoms with Crippen LogP contribution in [0.4, 0.5) is 10.6 Å². The average molecular weight is 264 g/mol. The number of primary amides is 2. The second-order valence-corrected chi connectivity index (χ2v) is 5.02. The highest BCUT2D eigenvalue weighted by Crippen LogP contribution is 2.30. The average Bonchev–Trinajstić information content (AvgIpc) is 2.83. The SMILES string of the molecule is Cc1ccc(-c2cc(C(N)=O)c(NC(N)=O)[nH]2)s1. The van der Waals surface area contributed by atoms with Crippen LogP contribution >= 0.6 is 11.3 Å². The van der Waals surface area contributed by atoms with Gasteiger partial charge in [0.05, 0.1) is 16.1 Å². The Morgan fingerprint density at radius 1 is 1.33 bits per heavy atom. The van der Waals surface area contributed by atoms with E-state index in [1.807, 2.05) is 19.1 Å². The second-order valence-electron chi connectivity index (χ2n) is 3.74. The number of carbonyl (C=O) groups is 2. The Kier molecular flexibility index (Phi) is 3.07. The Morgan fingerprint density at radius 3 is 2.56 bits per heavy atom. The van der Waals surface area contributed by atoms with E-state index in [2.05, 4.69) is 10.3 Å². The summed E-state index contributed by atoms with van der Waals surface area (Å²) in [6, 6.07) is 4.73. The Hall–Kier alpha value is -2.28. The largest absolute Gasteiger partial charge is 0.365 e. The molecule has 0 aromatic carbocycles. The maximum Gasteiger partial charge on any atom is 0.317 e. The standard InChI is InChI=1S/C11H12N4O2S/c1-5-2-3-8(18-5)7-4-6(9(12)16)10(14-7)15-11(13)17/h2-4,14H,1H3,(H2,12,16)(H3,13,15,17). The fourth-order valence-electron chi connectivity index (χ4n) is 1.58. The van der Waals surface area contributed by atoms with E-state index in [4.69, 9.17) is 11.5 Å². The number of H-pyrrole nitrogens is 1. The van der Waals surface area contributed by atoms with Gasteiger partial charge in [0, 0.05) is 4.88 Å². The first-order valence-electron chi connectivity index (χ1n) is 5.13. The highest BCUT2D eigenvalue weighted by molar-refractivity contribution is 7.15. The summed E-state index contributed by atoms with van der Waals surface area (Å²) in [4.78, 5) is 27.1. The van der Waals surface area contributed by atoms with Gasteiger partial charge in [0.2, 0.25) is 0 Å². The van der Waals surface area contributed by atoms with Crippen LogP contribution in [0.3, 0.4) is 0 Å². The second kappa shape index (κ2) is 4.53. The summed E-state index contributed by atoms with van der Waals surface area (Å²) < 4.78 is 0. The number of hydrogen-bond acceptors (Lipinski definition) is 3. The molecule has 0 aliphatic carbocycles. The number of aromatic amines is 1. The maximum absolute atomic E-state index is 11.3. The van der Waals surface area contributed by atoms with Crippen LogP contribution < -0.4 is 16.8 Å². The zero-order valence-electron chi connectivity index (χ0n) is 9.61. The molecule has 0 radical (unpaired) electrons. The quantitative estimate of drug-likeness (QED) is 0.675. The number of aryl methyl sites for hydroxylation is 1. The molecule has 0 saturated carbocycles. The number of hydrogen-bond donors (Lipinski definition) is 4. The minimum absolute atomic E-state index is 0.204. The number of thiophene rings is 1. The number of carbonyl (C=O) groups excluding carboxylic acids is 2. The molecule has 94 valence electrons. The third-order valence-corrected chi connectivity index (χ3v) is 3.37. The molecule has 6 nitrogen and oxygen atoms in total. The number of nitrogens with two attached hydrogens (primary N) is 2. The van der Waals surface area contributed by atoms with Gasteiger partial charge in [-0.25, -0.2) is 4.79 Å². The lowest BCUT2D eigenvalue weighted by molar-refractivity contribution is 0.100. The first-order chi connectivity index (χ1) is 8.47. The summed E-state index contributed by atoms with van der Waals surface area (Å²) >= 11 is 1.57. The van der Waals surface area contributed by atoms with Crippen molar-refractivity contribution in [1.82, 2.24) is 4.98 Å². The summed E-state index contributed by atoms with van der Waals surface area (Å²) in [5.41, 5.74) is 11.2.